The molecule has 0 aliphatic rings. The number of hydrogen-bond acceptors (Lipinski definition) is 3. The Balaban J connectivity index is 2.08. The van der Waals surface area contributed by atoms with Gasteiger partial charge in [0.05, 0.1) is 0 Å². The first-order valence-corrected chi connectivity index (χ1v) is 5.47. The number of nitroso groups, excluding NO2 is 1. The van der Waals surface area contributed by atoms with Crippen LogP contribution in [-0.2, 0) is 6.54 Å². The molecule has 2 rings (SSSR count). The highest BCUT2D eigenvalue weighted by Crippen LogP contribution is 2.23. The second-order valence-electron chi connectivity index (χ2n) is 3.49. The summed E-state index contributed by atoms with van der Waals surface area (Å²) in [4.78, 5) is 10.1. The first-order valence-electron chi connectivity index (χ1n) is 5.09. The van der Waals surface area contributed by atoms with Crippen LogP contribution in [0.25, 0.3) is 0 Å². The second kappa shape index (κ2) is 5.46. The molecule has 2 aromatic carbocycles. The summed E-state index contributed by atoms with van der Waals surface area (Å²) in [5.74, 6) is 1.43. The molecule has 0 aliphatic heterocycles. The molecule has 3 nitrogen and oxygen atoms in total. The van der Waals surface area contributed by atoms with Gasteiger partial charge in [-0.1, -0.05) is 28.9 Å². The van der Waals surface area contributed by atoms with Gasteiger partial charge in [-0.2, -0.15) is 4.91 Å². The number of halogens is 1. The predicted molar refractivity (Wildman–Crippen MR) is 67.5 cm³/mol. The van der Waals surface area contributed by atoms with Crippen LogP contribution < -0.4 is 4.74 Å². The zero-order valence-electron chi connectivity index (χ0n) is 8.97. The Morgan fingerprint density at radius 1 is 0.941 bits per heavy atom. The van der Waals surface area contributed by atoms with Gasteiger partial charge in [0.2, 0.25) is 0 Å². The maximum absolute atomic E-state index is 10.1. The van der Waals surface area contributed by atoms with E-state index in [0.717, 1.165) is 11.3 Å². The van der Waals surface area contributed by atoms with Crippen LogP contribution in [0.3, 0.4) is 0 Å². The lowest BCUT2D eigenvalue weighted by Gasteiger charge is -2.05. The molecule has 17 heavy (non-hydrogen) atoms. The van der Waals surface area contributed by atoms with E-state index in [1.807, 2.05) is 12.1 Å². The molecule has 0 atom stereocenters. The van der Waals surface area contributed by atoms with Crippen molar-refractivity contribution >= 4 is 11.6 Å². The van der Waals surface area contributed by atoms with Crippen molar-refractivity contribution in [2.24, 2.45) is 5.18 Å². The van der Waals surface area contributed by atoms with Crippen molar-refractivity contribution in [2.45, 2.75) is 6.54 Å². The second-order valence-corrected chi connectivity index (χ2v) is 3.92. The normalized spacial score (nSPS) is 9.94. The van der Waals surface area contributed by atoms with Crippen LogP contribution >= 0.6 is 11.6 Å². The maximum atomic E-state index is 10.1. The summed E-state index contributed by atoms with van der Waals surface area (Å²) in [5, 5.41) is 3.49. The molecule has 0 spiro atoms. The highest BCUT2D eigenvalue weighted by molar-refractivity contribution is 6.30. The molecule has 0 fully saturated rings. The molecule has 0 N–H and O–H groups in total. The van der Waals surface area contributed by atoms with Crippen molar-refractivity contribution in [3.8, 4) is 11.5 Å². The third-order valence-corrected chi connectivity index (χ3v) is 2.47. The topological polar surface area (TPSA) is 38.7 Å². The van der Waals surface area contributed by atoms with Crippen molar-refractivity contribution in [1.82, 2.24) is 0 Å². The maximum Gasteiger partial charge on any atom is 0.127 e. The largest absolute Gasteiger partial charge is 0.457 e. The molecular formula is C13H10ClNO2. The van der Waals surface area contributed by atoms with E-state index < -0.39 is 0 Å². The van der Waals surface area contributed by atoms with Gasteiger partial charge >= 0.3 is 0 Å². The summed E-state index contributed by atoms with van der Waals surface area (Å²) in [6, 6.07) is 14.3. The third-order valence-electron chi connectivity index (χ3n) is 2.22. The average molecular weight is 248 g/mol. The molecule has 86 valence electrons. The fraction of sp³-hybridized carbons (Fsp3) is 0.0769. The molecule has 0 heterocycles. The van der Waals surface area contributed by atoms with Crippen LogP contribution in [0.5, 0.6) is 11.5 Å². The fourth-order valence-electron chi connectivity index (χ4n) is 1.38. The molecule has 0 unspecified atom stereocenters. The Morgan fingerprint density at radius 2 is 1.47 bits per heavy atom. The molecule has 0 amide bonds. The Hall–Kier alpha value is -1.87. The van der Waals surface area contributed by atoms with Gasteiger partial charge in [-0.3, -0.25) is 0 Å². The smallest absolute Gasteiger partial charge is 0.127 e. The lowest BCUT2D eigenvalue weighted by Crippen LogP contribution is -1.85. The summed E-state index contributed by atoms with van der Waals surface area (Å²) in [6.07, 6.45) is 0. The highest BCUT2D eigenvalue weighted by atomic mass is 35.5. The Bertz CT molecular complexity index is 494. The highest BCUT2D eigenvalue weighted by Gasteiger charge is 1.98. The Morgan fingerprint density at radius 3 is 2.00 bits per heavy atom. The first kappa shape index (κ1) is 11.6. The van der Waals surface area contributed by atoms with Crippen LogP contribution in [0.1, 0.15) is 5.56 Å². The summed E-state index contributed by atoms with van der Waals surface area (Å²) in [7, 11) is 0. The molecule has 0 saturated heterocycles. The Kier molecular flexibility index (Phi) is 3.73. The molecule has 0 aliphatic carbocycles. The van der Waals surface area contributed by atoms with Gasteiger partial charge in [-0.05, 0) is 42.0 Å². The van der Waals surface area contributed by atoms with Gasteiger partial charge in [-0.25, -0.2) is 0 Å². The van der Waals surface area contributed by atoms with Crippen LogP contribution in [0.4, 0.5) is 0 Å². The number of hydrogen-bond donors (Lipinski definition) is 0. The molecule has 0 saturated carbocycles. The molecular weight excluding hydrogens is 238 g/mol. The molecule has 2 aromatic rings. The van der Waals surface area contributed by atoms with Gasteiger partial charge in [0, 0.05) is 5.02 Å². The van der Waals surface area contributed by atoms with Crippen molar-refractivity contribution < 1.29 is 4.74 Å². The van der Waals surface area contributed by atoms with E-state index in [9.17, 15) is 4.91 Å². The number of nitrogens with zero attached hydrogens (tertiary/aromatic N) is 1. The van der Waals surface area contributed by atoms with Gasteiger partial charge in [0.25, 0.3) is 0 Å². The summed E-state index contributed by atoms with van der Waals surface area (Å²) >= 11 is 5.77. The third kappa shape index (κ3) is 3.29. The SMILES string of the molecule is O=NCc1ccc(Oc2ccc(Cl)cc2)cc1. The molecule has 0 aromatic heterocycles. The van der Waals surface area contributed by atoms with Crippen LogP contribution in [0.2, 0.25) is 5.02 Å². The molecule has 4 heteroatoms. The van der Waals surface area contributed by atoms with E-state index in [4.69, 9.17) is 16.3 Å². The van der Waals surface area contributed by atoms with Crippen molar-refractivity contribution in [3.63, 3.8) is 0 Å². The van der Waals surface area contributed by atoms with Crippen LogP contribution in [0, 0.1) is 4.91 Å². The molecule has 0 bridgehead atoms. The van der Waals surface area contributed by atoms with Gasteiger partial charge in [0.15, 0.2) is 0 Å². The zero-order valence-corrected chi connectivity index (χ0v) is 9.72. The minimum absolute atomic E-state index is 0.182. The average Bonchev–Trinajstić information content (AvgIpc) is 2.35. The van der Waals surface area contributed by atoms with E-state index in [0.29, 0.717) is 10.8 Å². The van der Waals surface area contributed by atoms with Gasteiger partial charge < -0.3 is 4.74 Å². The van der Waals surface area contributed by atoms with Gasteiger partial charge in [0.1, 0.15) is 18.0 Å². The van der Waals surface area contributed by atoms with Crippen LogP contribution in [0.15, 0.2) is 53.7 Å². The summed E-state index contributed by atoms with van der Waals surface area (Å²) in [6.45, 7) is 0.182. The minimum atomic E-state index is 0.182. The standard InChI is InChI=1S/C13H10ClNO2/c14-11-3-7-13(8-4-11)17-12-5-1-10(2-6-12)9-15-16/h1-8H,9H2. The van der Waals surface area contributed by atoms with Gasteiger partial charge in [-0.15, -0.1) is 0 Å². The monoisotopic (exact) mass is 247 g/mol. The summed E-state index contributed by atoms with van der Waals surface area (Å²) in [5.41, 5.74) is 0.864. The minimum Gasteiger partial charge on any atom is -0.457 e. The lowest BCUT2D eigenvalue weighted by molar-refractivity contribution is 0.482. The lowest BCUT2D eigenvalue weighted by atomic mass is 10.2. The van der Waals surface area contributed by atoms with E-state index in [2.05, 4.69) is 5.18 Å². The van der Waals surface area contributed by atoms with Crippen molar-refractivity contribution in [2.75, 3.05) is 0 Å². The van der Waals surface area contributed by atoms with E-state index in [1.54, 1.807) is 36.4 Å². The number of benzene rings is 2. The van der Waals surface area contributed by atoms with E-state index in [1.165, 1.54) is 0 Å². The first-order chi connectivity index (χ1) is 8.28. The van der Waals surface area contributed by atoms with E-state index in [-0.39, 0.29) is 6.54 Å². The quantitative estimate of drug-likeness (QED) is 0.751. The summed E-state index contributed by atoms with van der Waals surface area (Å²) < 4.78 is 5.60. The fourth-order valence-corrected chi connectivity index (χ4v) is 1.50. The predicted octanol–water partition coefficient (Wildman–Crippen LogP) is 4.40. The molecule has 0 radical (unpaired) electrons. The van der Waals surface area contributed by atoms with Crippen LogP contribution in [-0.4, -0.2) is 0 Å². The van der Waals surface area contributed by atoms with Crippen molar-refractivity contribution in [3.05, 3.63) is 64.0 Å². The number of ether oxygens (including phenoxy) is 1. The van der Waals surface area contributed by atoms with E-state index >= 15 is 0 Å². The number of rotatable bonds is 4. The Labute approximate surface area is 104 Å². The zero-order chi connectivity index (χ0) is 12.1. The van der Waals surface area contributed by atoms with Crippen molar-refractivity contribution in [1.29, 1.82) is 0 Å².